The highest BCUT2D eigenvalue weighted by Crippen LogP contribution is 2.21. The van der Waals surface area contributed by atoms with Crippen LogP contribution in [0.25, 0.3) is 0 Å². The molecule has 2 atom stereocenters. The Morgan fingerprint density at radius 3 is 2.80 bits per heavy atom. The molecule has 1 aromatic carbocycles. The van der Waals surface area contributed by atoms with Gasteiger partial charge in [0.1, 0.15) is 6.61 Å². The van der Waals surface area contributed by atoms with Crippen LogP contribution >= 0.6 is 0 Å². The maximum atomic E-state index is 12.1. The number of aliphatic hydroxyl groups excluding tert-OH is 1. The van der Waals surface area contributed by atoms with Crippen LogP contribution in [0.3, 0.4) is 0 Å². The monoisotopic (exact) mass is 279 g/mol. The third kappa shape index (κ3) is 3.71. The summed E-state index contributed by atoms with van der Waals surface area (Å²) in [7, 11) is 0. The van der Waals surface area contributed by atoms with Crippen molar-refractivity contribution in [3.05, 3.63) is 35.9 Å². The summed E-state index contributed by atoms with van der Waals surface area (Å²) in [6, 6.07) is 9.32. The Bertz CT molecular complexity index is 423. The third-order valence-electron chi connectivity index (χ3n) is 3.43. The topological polar surface area (TPSA) is 59.0 Å². The predicted molar refractivity (Wildman–Crippen MR) is 74.2 cm³/mol. The molecule has 5 heteroatoms. The van der Waals surface area contributed by atoms with Gasteiger partial charge in [0.2, 0.25) is 0 Å². The lowest BCUT2D eigenvalue weighted by Crippen LogP contribution is -2.38. The predicted octanol–water partition coefficient (Wildman–Crippen LogP) is 1.79. The van der Waals surface area contributed by atoms with Crippen molar-refractivity contribution >= 4 is 6.09 Å². The molecule has 1 N–H and O–H groups in total. The van der Waals surface area contributed by atoms with Gasteiger partial charge in [-0.15, -0.1) is 0 Å². The van der Waals surface area contributed by atoms with Crippen molar-refractivity contribution < 1.29 is 19.4 Å². The first-order chi connectivity index (χ1) is 9.74. The molecule has 0 aliphatic carbocycles. The Kier molecular flexibility index (Phi) is 5.38. The van der Waals surface area contributed by atoms with E-state index in [4.69, 9.17) is 9.47 Å². The molecule has 0 bridgehead atoms. The number of aliphatic hydroxyl groups is 1. The van der Waals surface area contributed by atoms with E-state index in [0.29, 0.717) is 19.6 Å². The van der Waals surface area contributed by atoms with Crippen LogP contribution in [0.15, 0.2) is 30.3 Å². The summed E-state index contributed by atoms with van der Waals surface area (Å²) in [6.45, 7) is 3.18. The fourth-order valence-corrected chi connectivity index (χ4v) is 2.43. The molecule has 20 heavy (non-hydrogen) atoms. The van der Waals surface area contributed by atoms with Crippen LogP contribution in [-0.2, 0) is 16.1 Å². The van der Waals surface area contributed by atoms with Crippen molar-refractivity contribution in [3.63, 3.8) is 0 Å². The van der Waals surface area contributed by atoms with Crippen molar-refractivity contribution in [2.24, 2.45) is 0 Å². The second-order valence-corrected chi connectivity index (χ2v) is 4.84. The molecule has 0 spiro atoms. The van der Waals surface area contributed by atoms with Gasteiger partial charge in [0.15, 0.2) is 0 Å². The van der Waals surface area contributed by atoms with Gasteiger partial charge < -0.3 is 19.5 Å². The Morgan fingerprint density at radius 2 is 2.15 bits per heavy atom. The number of carbonyl (C=O) groups excluding carboxylic acids is 1. The van der Waals surface area contributed by atoms with Crippen LogP contribution in [0.5, 0.6) is 0 Å². The highest BCUT2D eigenvalue weighted by atomic mass is 16.6. The molecule has 1 heterocycles. The number of rotatable bonds is 5. The second-order valence-electron chi connectivity index (χ2n) is 4.84. The number of hydrogen-bond acceptors (Lipinski definition) is 4. The van der Waals surface area contributed by atoms with Crippen LogP contribution < -0.4 is 0 Å². The highest BCUT2D eigenvalue weighted by molar-refractivity contribution is 5.68. The van der Waals surface area contributed by atoms with Gasteiger partial charge in [0.05, 0.1) is 25.3 Å². The quantitative estimate of drug-likeness (QED) is 0.893. The van der Waals surface area contributed by atoms with Crippen molar-refractivity contribution in [2.75, 3.05) is 19.8 Å². The first kappa shape index (κ1) is 14.8. The van der Waals surface area contributed by atoms with Crippen LogP contribution in [0.1, 0.15) is 18.9 Å². The third-order valence-corrected chi connectivity index (χ3v) is 3.43. The number of nitrogens with zero attached hydrogens (tertiary/aromatic N) is 1. The zero-order chi connectivity index (χ0) is 14.4. The summed E-state index contributed by atoms with van der Waals surface area (Å²) in [5, 5.41) is 9.35. The Morgan fingerprint density at radius 1 is 1.40 bits per heavy atom. The maximum Gasteiger partial charge on any atom is 0.410 e. The van der Waals surface area contributed by atoms with E-state index in [9.17, 15) is 9.90 Å². The van der Waals surface area contributed by atoms with Gasteiger partial charge in [-0.05, 0) is 18.9 Å². The molecule has 5 nitrogen and oxygen atoms in total. The van der Waals surface area contributed by atoms with E-state index in [1.54, 1.807) is 4.90 Å². The van der Waals surface area contributed by atoms with E-state index in [1.807, 2.05) is 37.3 Å². The lowest BCUT2D eigenvalue weighted by atomic mass is 10.2. The fourth-order valence-electron chi connectivity index (χ4n) is 2.43. The van der Waals surface area contributed by atoms with Crippen molar-refractivity contribution in [2.45, 2.75) is 32.1 Å². The summed E-state index contributed by atoms with van der Waals surface area (Å²) in [5.41, 5.74) is 0.946. The van der Waals surface area contributed by atoms with E-state index in [-0.39, 0.29) is 25.4 Å². The molecule has 1 aromatic rings. The van der Waals surface area contributed by atoms with E-state index >= 15 is 0 Å². The summed E-state index contributed by atoms with van der Waals surface area (Å²) in [6.07, 6.45) is 0.252. The number of carbonyl (C=O) groups is 1. The van der Waals surface area contributed by atoms with Gasteiger partial charge in [-0.1, -0.05) is 30.3 Å². The zero-order valence-electron chi connectivity index (χ0n) is 11.7. The minimum absolute atomic E-state index is 0.0126. The van der Waals surface area contributed by atoms with Crippen molar-refractivity contribution in [3.8, 4) is 0 Å². The average Bonchev–Trinajstić information content (AvgIpc) is 2.89. The minimum Gasteiger partial charge on any atom is -0.445 e. The van der Waals surface area contributed by atoms with Crippen LogP contribution in [0, 0.1) is 0 Å². The molecule has 0 unspecified atom stereocenters. The first-order valence-electron chi connectivity index (χ1n) is 6.94. The SMILES string of the molecule is CCO[C@@H]1C[C@H](CO)N(C(=O)OCc2ccccc2)C1. The molecule has 2 rings (SSSR count). The molecule has 1 amide bonds. The lowest BCUT2D eigenvalue weighted by Gasteiger charge is -2.22. The van der Waals surface area contributed by atoms with Gasteiger partial charge >= 0.3 is 6.09 Å². The summed E-state index contributed by atoms with van der Waals surface area (Å²) in [5.74, 6) is 0. The average molecular weight is 279 g/mol. The van der Waals surface area contributed by atoms with Gasteiger partial charge in [0.25, 0.3) is 0 Å². The molecular weight excluding hydrogens is 258 g/mol. The fraction of sp³-hybridized carbons (Fsp3) is 0.533. The molecular formula is C15H21NO4. The van der Waals surface area contributed by atoms with Gasteiger partial charge in [0, 0.05) is 6.61 Å². The molecule has 1 fully saturated rings. The summed E-state index contributed by atoms with van der Waals surface area (Å²) in [4.78, 5) is 13.6. The number of amides is 1. The lowest BCUT2D eigenvalue weighted by molar-refractivity contribution is 0.0601. The molecule has 110 valence electrons. The van der Waals surface area contributed by atoms with Crippen molar-refractivity contribution in [1.29, 1.82) is 0 Å². The van der Waals surface area contributed by atoms with E-state index < -0.39 is 6.09 Å². The van der Waals surface area contributed by atoms with E-state index in [0.717, 1.165) is 5.56 Å². The van der Waals surface area contributed by atoms with Crippen LogP contribution in [-0.4, -0.2) is 48.0 Å². The van der Waals surface area contributed by atoms with Crippen LogP contribution in [0.4, 0.5) is 4.79 Å². The summed E-state index contributed by atoms with van der Waals surface area (Å²) < 4.78 is 10.8. The van der Waals surface area contributed by atoms with Gasteiger partial charge in [-0.3, -0.25) is 0 Å². The zero-order valence-corrected chi connectivity index (χ0v) is 11.7. The van der Waals surface area contributed by atoms with Gasteiger partial charge in [-0.25, -0.2) is 4.79 Å². The van der Waals surface area contributed by atoms with E-state index in [1.165, 1.54) is 0 Å². The molecule has 1 aliphatic heterocycles. The number of likely N-dealkylation sites (tertiary alicyclic amines) is 1. The number of benzene rings is 1. The maximum absolute atomic E-state index is 12.1. The first-order valence-corrected chi connectivity index (χ1v) is 6.94. The largest absolute Gasteiger partial charge is 0.445 e. The standard InChI is InChI=1S/C15H21NO4/c1-2-19-14-8-13(10-17)16(9-14)15(18)20-11-12-6-4-3-5-7-12/h3-7,13-14,17H,2,8-11H2,1H3/t13-,14-/m1/s1. The van der Waals surface area contributed by atoms with Gasteiger partial charge in [-0.2, -0.15) is 0 Å². The molecule has 0 radical (unpaired) electrons. The van der Waals surface area contributed by atoms with E-state index in [2.05, 4.69) is 0 Å². The molecule has 0 aromatic heterocycles. The highest BCUT2D eigenvalue weighted by Gasteiger charge is 2.36. The smallest absolute Gasteiger partial charge is 0.410 e. The second kappa shape index (κ2) is 7.26. The molecule has 0 saturated carbocycles. The number of hydrogen-bond donors (Lipinski definition) is 1. The van der Waals surface area contributed by atoms with Crippen LogP contribution in [0.2, 0.25) is 0 Å². The Labute approximate surface area is 119 Å². The Balaban J connectivity index is 1.87. The minimum atomic E-state index is -0.393. The number of ether oxygens (including phenoxy) is 2. The summed E-state index contributed by atoms with van der Waals surface area (Å²) >= 11 is 0. The normalized spacial score (nSPS) is 22.0. The molecule has 1 saturated heterocycles. The molecule has 1 aliphatic rings. The van der Waals surface area contributed by atoms with Crippen molar-refractivity contribution in [1.82, 2.24) is 4.90 Å². The Hall–Kier alpha value is -1.59.